The van der Waals surface area contributed by atoms with E-state index in [2.05, 4.69) is 9.88 Å². The Morgan fingerprint density at radius 3 is 2.39 bits per heavy atom. The minimum Gasteiger partial charge on any atom is -0.490 e. The van der Waals surface area contributed by atoms with E-state index < -0.39 is 22.3 Å². The molecule has 0 radical (unpaired) electrons. The van der Waals surface area contributed by atoms with E-state index in [-0.39, 0.29) is 24.5 Å². The van der Waals surface area contributed by atoms with Gasteiger partial charge in [0.05, 0.1) is 11.2 Å². The second-order valence-electron chi connectivity index (χ2n) is 9.43. The number of hydrogen-bond acceptors (Lipinski definition) is 7. The molecule has 2 aliphatic rings. The van der Waals surface area contributed by atoms with Crippen molar-refractivity contribution < 1.29 is 32.3 Å². The minimum atomic E-state index is -4.37. The van der Waals surface area contributed by atoms with E-state index in [4.69, 9.17) is 14.2 Å². The van der Waals surface area contributed by atoms with Crippen molar-refractivity contribution in [3.8, 4) is 11.8 Å². The van der Waals surface area contributed by atoms with Gasteiger partial charge in [0.2, 0.25) is 0 Å². The molecule has 1 fully saturated rings. The van der Waals surface area contributed by atoms with Crippen LogP contribution < -0.4 is 14.4 Å². The summed E-state index contributed by atoms with van der Waals surface area (Å²) >= 11 is 0. The number of imidazole rings is 1. The molecule has 0 N–H and O–H groups in total. The highest BCUT2D eigenvalue weighted by molar-refractivity contribution is 5.50. The Labute approximate surface area is 216 Å². The Bertz CT molecular complexity index is 1270. The molecule has 0 saturated carbocycles. The van der Waals surface area contributed by atoms with Gasteiger partial charge >= 0.3 is 18.0 Å². The number of piperidine rings is 1. The average Bonchev–Trinajstić information content (AvgIpc) is 3.36. The van der Waals surface area contributed by atoms with Gasteiger partial charge in [-0.15, -0.1) is 0 Å². The van der Waals surface area contributed by atoms with Crippen LogP contribution in [0, 0.1) is 10.1 Å². The minimum absolute atomic E-state index is 0.223. The number of methoxy groups -OCH3 is 1. The van der Waals surface area contributed by atoms with Gasteiger partial charge in [-0.05, 0) is 59.7 Å². The standard InChI is InChI=1S/C26H27F3N4O5/c1-36-25(18-2-4-19(5-3-18)26(27,28)29)11-14-31(15-12-25)20-6-8-21(9-7-20)37-17-22-10-13-32-16-23(33(34)35)30-24(32)38-22/h2-9,16,22H,10-15,17H2,1H3/t22-/m1/s1. The van der Waals surface area contributed by atoms with E-state index in [1.54, 1.807) is 11.7 Å². The van der Waals surface area contributed by atoms with E-state index in [1.807, 2.05) is 24.3 Å². The first-order chi connectivity index (χ1) is 18.2. The van der Waals surface area contributed by atoms with Crippen LogP contribution in [-0.4, -0.2) is 47.4 Å². The first-order valence-electron chi connectivity index (χ1n) is 12.3. The average molecular weight is 533 g/mol. The van der Waals surface area contributed by atoms with Crippen molar-refractivity contribution >= 4 is 11.5 Å². The summed E-state index contributed by atoms with van der Waals surface area (Å²) in [5, 5.41) is 10.9. The zero-order valence-corrected chi connectivity index (χ0v) is 20.7. The Hall–Kier alpha value is -3.80. The molecular formula is C26H27F3N4O5. The lowest BCUT2D eigenvalue weighted by atomic mass is 9.83. The fourth-order valence-electron chi connectivity index (χ4n) is 4.98. The molecule has 1 aromatic heterocycles. The van der Waals surface area contributed by atoms with Crippen LogP contribution in [0.25, 0.3) is 0 Å². The summed E-state index contributed by atoms with van der Waals surface area (Å²) in [5.74, 6) is 0.433. The normalized spacial score (nSPS) is 18.9. The fraction of sp³-hybridized carbons (Fsp3) is 0.423. The van der Waals surface area contributed by atoms with Gasteiger partial charge in [-0.2, -0.15) is 13.2 Å². The lowest BCUT2D eigenvalue weighted by molar-refractivity contribution is -0.389. The van der Waals surface area contributed by atoms with Crippen molar-refractivity contribution in [3.05, 3.63) is 76.0 Å². The lowest BCUT2D eigenvalue weighted by Gasteiger charge is -2.42. The predicted molar refractivity (Wildman–Crippen MR) is 131 cm³/mol. The number of aryl methyl sites for hydroxylation is 1. The molecule has 1 atom stereocenters. The van der Waals surface area contributed by atoms with Gasteiger partial charge in [-0.25, -0.2) is 0 Å². The molecule has 3 aromatic rings. The smallest absolute Gasteiger partial charge is 0.416 e. The lowest BCUT2D eigenvalue weighted by Crippen LogP contribution is -2.43. The van der Waals surface area contributed by atoms with Crippen LogP contribution >= 0.6 is 0 Å². The third-order valence-electron chi connectivity index (χ3n) is 7.22. The third-order valence-corrected chi connectivity index (χ3v) is 7.22. The number of hydrogen-bond donors (Lipinski definition) is 0. The van der Waals surface area contributed by atoms with Crippen LogP contribution in [-0.2, 0) is 23.1 Å². The second kappa shape index (κ2) is 10.2. The summed E-state index contributed by atoms with van der Waals surface area (Å²) < 4.78 is 57.9. The molecule has 12 heteroatoms. The van der Waals surface area contributed by atoms with Crippen LogP contribution in [0.4, 0.5) is 24.7 Å². The fourth-order valence-corrected chi connectivity index (χ4v) is 4.98. The van der Waals surface area contributed by atoms with Crippen molar-refractivity contribution in [2.45, 2.75) is 43.7 Å². The quantitative estimate of drug-likeness (QED) is 0.306. The van der Waals surface area contributed by atoms with Crippen LogP contribution in [0.1, 0.15) is 30.4 Å². The Morgan fingerprint density at radius 2 is 1.79 bits per heavy atom. The Morgan fingerprint density at radius 1 is 1.11 bits per heavy atom. The number of benzene rings is 2. The number of ether oxygens (including phenoxy) is 3. The number of anilines is 1. The molecule has 38 heavy (non-hydrogen) atoms. The highest BCUT2D eigenvalue weighted by Gasteiger charge is 2.38. The summed E-state index contributed by atoms with van der Waals surface area (Å²) in [5.41, 5.74) is 0.465. The van der Waals surface area contributed by atoms with Crippen LogP contribution in [0.5, 0.6) is 11.8 Å². The van der Waals surface area contributed by atoms with Gasteiger partial charge in [0, 0.05) is 43.8 Å². The first kappa shape index (κ1) is 25.8. The summed E-state index contributed by atoms with van der Waals surface area (Å²) in [6.07, 6.45) is -1.34. The Balaban J connectivity index is 1.15. The molecule has 2 aliphatic heterocycles. The van der Waals surface area contributed by atoms with Crippen molar-refractivity contribution in [2.75, 3.05) is 31.7 Å². The molecule has 0 unspecified atom stereocenters. The number of alkyl halides is 3. The molecule has 9 nitrogen and oxygen atoms in total. The summed E-state index contributed by atoms with van der Waals surface area (Å²) in [6.45, 7) is 2.22. The highest BCUT2D eigenvalue weighted by atomic mass is 19.4. The van der Waals surface area contributed by atoms with E-state index in [0.29, 0.717) is 44.6 Å². The number of halogens is 3. The second-order valence-corrected chi connectivity index (χ2v) is 9.43. The zero-order valence-electron chi connectivity index (χ0n) is 20.7. The number of aromatic nitrogens is 2. The van der Waals surface area contributed by atoms with Crippen molar-refractivity contribution in [2.24, 2.45) is 0 Å². The van der Waals surface area contributed by atoms with E-state index in [9.17, 15) is 23.3 Å². The van der Waals surface area contributed by atoms with E-state index >= 15 is 0 Å². The maximum absolute atomic E-state index is 13.0. The zero-order chi connectivity index (χ0) is 26.9. The molecule has 0 spiro atoms. The molecule has 1 saturated heterocycles. The van der Waals surface area contributed by atoms with E-state index in [0.717, 1.165) is 23.4 Å². The molecular weight excluding hydrogens is 505 g/mol. The molecule has 2 aromatic carbocycles. The van der Waals surface area contributed by atoms with Crippen molar-refractivity contribution in [3.63, 3.8) is 0 Å². The first-order valence-corrected chi connectivity index (χ1v) is 12.3. The molecule has 5 rings (SSSR count). The molecule has 0 bridgehead atoms. The van der Waals surface area contributed by atoms with E-state index in [1.165, 1.54) is 18.3 Å². The van der Waals surface area contributed by atoms with Crippen LogP contribution in [0.3, 0.4) is 0 Å². The maximum atomic E-state index is 13.0. The van der Waals surface area contributed by atoms with Crippen molar-refractivity contribution in [1.29, 1.82) is 0 Å². The van der Waals surface area contributed by atoms with Crippen molar-refractivity contribution in [1.82, 2.24) is 9.55 Å². The molecule has 202 valence electrons. The molecule has 0 aliphatic carbocycles. The number of fused-ring (bicyclic) bond motifs is 1. The number of rotatable bonds is 7. The van der Waals surface area contributed by atoms with Gasteiger partial charge in [0.1, 0.15) is 24.7 Å². The molecule has 0 amide bonds. The molecule has 3 heterocycles. The highest BCUT2D eigenvalue weighted by Crippen LogP contribution is 2.39. The van der Waals surface area contributed by atoms with Gasteiger partial charge in [0.25, 0.3) is 0 Å². The maximum Gasteiger partial charge on any atom is 0.416 e. The summed E-state index contributed by atoms with van der Waals surface area (Å²) in [4.78, 5) is 16.5. The summed E-state index contributed by atoms with van der Waals surface area (Å²) in [7, 11) is 1.60. The predicted octanol–water partition coefficient (Wildman–Crippen LogP) is 5.18. The topological polar surface area (TPSA) is 91.9 Å². The van der Waals surface area contributed by atoms with Crippen LogP contribution in [0.15, 0.2) is 54.7 Å². The largest absolute Gasteiger partial charge is 0.490 e. The third kappa shape index (κ3) is 5.26. The summed E-state index contributed by atoms with van der Waals surface area (Å²) in [6, 6.07) is 13.1. The van der Waals surface area contributed by atoms with Gasteiger partial charge in [-0.3, -0.25) is 4.57 Å². The van der Waals surface area contributed by atoms with Gasteiger partial charge < -0.3 is 29.2 Å². The van der Waals surface area contributed by atoms with Crippen LogP contribution in [0.2, 0.25) is 0 Å². The number of nitrogens with zero attached hydrogens (tertiary/aromatic N) is 4. The SMILES string of the molecule is COC1(c2ccc(C(F)(F)F)cc2)CCN(c2ccc(OC[C@H]3CCn4cc([N+](=O)[O-])nc4O3)cc2)CC1. The monoisotopic (exact) mass is 532 g/mol. The van der Waals surface area contributed by atoms with Gasteiger partial charge in [-0.1, -0.05) is 12.1 Å². The van der Waals surface area contributed by atoms with Gasteiger partial charge in [0.15, 0.2) is 0 Å². The number of nitro groups is 1. The Kier molecular flexibility index (Phi) is 6.91.